The first-order chi connectivity index (χ1) is 11.0. The van der Waals surface area contributed by atoms with Crippen molar-refractivity contribution in [3.63, 3.8) is 0 Å². The Labute approximate surface area is 137 Å². The molecule has 5 heteroatoms. The molecule has 23 heavy (non-hydrogen) atoms. The maximum absolute atomic E-state index is 10.5. The van der Waals surface area contributed by atoms with Crippen molar-refractivity contribution < 1.29 is 23.7 Å². The zero-order chi connectivity index (χ0) is 16.7. The summed E-state index contributed by atoms with van der Waals surface area (Å²) in [5, 5.41) is 0. The van der Waals surface area contributed by atoms with Crippen LogP contribution < -0.4 is 4.74 Å². The number of allylic oxidation sites excluding steroid dienone is 1. The minimum Gasteiger partial charge on any atom is -0.497 e. The smallest absolute Gasteiger partial charge is 0.163 e. The van der Waals surface area contributed by atoms with Crippen molar-refractivity contribution in [2.45, 2.75) is 44.9 Å². The average molecular weight is 320 g/mol. The van der Waals surface area contributed by atoms with Gasteiger partial charge in [0.05, 0.1) is 26.4 Å². The lowest BCUT2D eigenvalue weighted by Crippen LogP contribution is -2.32. The van der Waals surface area contributed by atoms with Crippen LogP contribution in [0.3, 0.4) is 0 Å². The fourth-order valence-electron chi connectivity index (χ4n) is 2.42. The van der Waals surface area contributed by atoms with Crippen LogP contribution in [0.5, 0.6) is 5.75 Å². The Morgan fingerprint density at radius 1 is 1.35 bits per heavy atom. The summed E-state index contributed by atoms with van der Waals surface area (Å²) in [7, 11) is 1.64. The predicted molar refractivity (Wildman–Crippen MR) is 86.3 cm³/mol. The minimum absolute atomic E-state index is 0.153. The van der Waals surface area contributed by atoms with E-state index < -0.39 is 5.79 Å². The molecule has 0 aliphatic carbocycles. The van der Waals surface area contributed by atoms with Gasteiger partial charge in [-0.3, -0.25) is 4.79 Å². The molecule has 126 valence electrons. The molecule has 2 atom stereocenters. The Hall–Kier alpha value is -1.69. The van der Waals surface area contributed by atoms with Gasteiger partial charge in [-0.1, -0.05) is 18.2 Å². The molecule has 0 N–H and O–H groups in total. The van der Waals surface area contributed by atoms with E-state index in [1.165, 1.54) is 6.08 Å². The van der Waals surface area contributed by atoms with E-state index in [4.69, 9.17) is 18.9 Å². The second-order valence-electron chi connectivity index (χ2n) is 5.86. The van der Waals surface area contributed by atoms with Gasteiger partial charge in [-0.15, -0.1) is 0 Å². The number of ether oxygens (including phenoxy) is 4. The highest BCUT2D eigenvalue weighted by atomic mass is 16.7. The summed E-state index contributed by atoms with van der Waals surface area (Å²) in [5.41, 5.74) is 1.05. The van der Waals surface area contributed by atoms with Gasteiger partial charge in [0.15, 0.2) is 5.79 Å². The monoisotopic (exact) mass is 320 g/mol. The fraction of sp³-hybridized carbons (Fsp3) is 0.500. The van der Waals surface area contributed by atoms with Crippen molar-refractivity contribution in [3.8, 4) is 5.75 Å². The van der Waals surface area contributed by atoms with Crippen molar-refractivity contribution in [1.29, 1.82) is 0 Å². The minimum atomic E-state index is -0.596. The third-order valence-electron chi connectivity index (χ3n) is 3.65. The van der Waals surface area contributed by atoms with Gasteiger partial charge in [0, 0.05) is 0 Å². The second kappa shape index (κ2) is 8.24. The van der Waals surface area contributed by atoms with E-state index in [1.54, 1.807) is 13.2 Å². The first kappa shape index (κ1) is 17.7. The number of aldehydes is 1. The second-order valence-corrected chi connectivity index (χ2v) is 5.86. The number of benzene rings is 1. The van der Waals surface area contributed by atoms with Crippen LogP contribution in [0.4, 0.5) is 0 Å². The van der Waals surface area contributed by atoms with Crippen LogP contribution in [0.15, 0.2) is 36.4 Å². The molecule has 0 aromatic heterocycles. The largest absolute Gasteiger partial charge is 0.497 e. The molecular weight excluding hydrogens is 296 g/mol. The molecule has 0 spiro atoms. The van der Waals surface area contributed by atoms with Crippen molar-refractivity contribution >= 4 is 6.29 Å². The van der Waals surface area contributed by atoms with E-state index in [0.717, 1.165) is 17.6 Å². The summed E-state index contributed by atoms with van der Waals surface area (Å²) >= 11 is 0. The molecule has 5 nitrogen and oxygen atoms in total. The maximum atomic E-state index is 10.5. The van der Waals surface area contributed by atoms with Crippen LogP contribution in [0.1, 0.15) is 25.8 Å². The van der Waals surface area contributed by atoms with Crippen LogP contribution in [0.25, 0.3) is 0 Å². The van der Waals surface area contributed by atoms with Crippen LogP contribution >= 0.6 is 0 Å². The van der Waals surface area contributed by atoms with E-state index in [0.29, 0.717) is 19.6 Å². The molecule has 0 unspecified atom stereocenters. The van der Waals surface area contributed by atoms with Gasteiger partial charge in [0.1, 0.15) is 18.1 Å². The first-order valence-corrected chi connectivity index (χ1v) is 7.70. The van der Waals surface area contributed by atoms with Crippen LogP contribution in [0, 0.1) is 0 Å². The summed E-state index contributed by atoms with van der Waals surface area (Å²) in [6.45, 7) is 4.71. The maximum Gasteiger partial charge on any atom is 0.163 e. The van der Waals surface area contributed by atoms with Gasteiger partial charge < -0.3 is 18.9 Å². The van der Waals surface area contributed by atoms with Crippen molar-refractivity contribution in [1.82, 2.24) is 0 Å². The summed E-state index contributed by atoms with van der Waals surface area (Å²) in [5.74, 6) is 0.217. The zero-order valence-corrected chi connectivity index (χ0v) is 13.9. The quantitative estimate of drug-likeness (QED) is 0.544. The molecule has 1 aliphatic heterocycles. The van der Waals surface area contributed by atoms with Crippen molar-refractivity contribution in [2.24, 2.45) is 0 Å². The Morgan fingerprint density at radius 3 is 2.65 bits per heavy atom. The lowest BCUT2D eigenvalue weighted by atomic mass is 10.1. The average Bonchev–Trinajstić information content (AvgIpc) is 2.91. The number of hydrogen-bond acceptors (Lipinski definition) is 5. The molecule has 1 heterocycles. The first-order valence-electron chi connectivity index (χ1n) is 7.70. The molecule has 1 aliphatic rings. The van der Waals surface area contributed by atoms with Crippen LogP contribution in [-0.2, 0) is 25.6 Å². The molecule has 2 rings (SSSR count). The Morgan fingerprint density at radius 2 is 2.09 bits per heavy atom. The zero-order valence-electron chi connectivity index (χ0n) is 13.9. The summed E-state index contributed by atoms with van der Waals surface area (Å²) < 4.78 is 22.6. The number of methoxy groups -OCH3 is 1. The molecule has 0 saturated carbocycles. The van der Waals surface area contributed by atoms with Gasteiger partial charge in [-0.25, -0.2) is 0 Å². The van der Waals surface area contributed by atoms with Gasteiger partial charge in [-0.05, 0) is 44.0 Å². The van der Waals surface area contributed by atoms with Crippen LogP contribution in [-0.4, -0.2) is 38.0 Å². The van der Waals surface area contributed by atoms with Crippen molar-refractivity contribution in [3.05, 3.63) is 42.0 Å². The molecule has 1 saturated heterocycles. The number of carbonyl (C=O) groups is 1. The fourth-order valence-corrected chi connectivity index (χ4v) is 2.42. The third kappa shape index (κ3) is 5.46. The van der Waals surface area contributed by atoms with Gasteiger partial charge >= 0.3 is 0 Å². The molecule has 1 aromatic carbocycles. The summed E-state index contributed by atoms with van der Waals surface area (Å²) in [6, 6.07) is 7.73. The lowest BCUT2D eigenvalue weighted by Gasteiger charge is -2.23. The molecular formula is C18H24O5. The van der Waals surface area contributed by atoms with Gasteiger partial charge in [-0.2, -0.15) is 0 Å². The van der Waals surface area contributed by atoms with E-state index >= 15 is 0 Å². The highest BCUT2D eigenvalue weighted by molar-refractivity contribution is 5.64. The lowest BCUT2D eigenvalue weighted by molar-refractivity contribution is -0.157. The Bertz CT molecular complexity index is 521. The normalized spacial score (nSPS) is 21.4. The topological polar surface area (TPSA) is 54.0 Å². The molecule has 0 bridgehead atoms. The summed E-state index contributed by atoms with van der Waals surface area (Å²) in [6.07, 6.45) is 4.30. The molecule has 0 radical (unpaired) electrons. The number of carbonyl (C=O) groups excluding carboxylic acids is 1. The molecule has 1 fully saturated rings. The predicted octanol–water partition coefficient (Wildman–Crippen LogP) is 2.88. The van der Waals surface area contributed by atoms with E-state index in [2.05, 4.69) is 0 Å². The summed E-state index contributed by atoms with van der Waals surface area (Å²) in [4.78, 5) is 10.5. The molecule has 0 amide bonds. The Kier molecular flexibility index (Phi) is 6.33. The Balaban J connectivity index is 1.96. The van der Waals surface area contributed by atoms with E-state index in [1.807, 2.05) is 38.1 Å². The van der Waals surface area contributed by atoms with E-state index in [-0.39, 0.29) is 12.2 Å². The van der Waals surface area contributed by atoms with Gasteiger partial charge in [0.2, 0.25) is 0 Å². The van der Waals surface area contributed by atoms with Gasteiger partial charge in [0.25, 0.3) is 0 Å². The highest BCUT2D eigenvalue weighted by Crippen LogP contribution is 2.27. The van der Waals surface area contributed by atoms with Crippen molar-refractivity contribution in [2.75, 3.05) is 13.7 Å². The number of hydrogen-bond donors (Lipinski definition) is 0. The van der Waals surface area contributed by atoms with E-state index in [9.17, 15) is 4.79 Å². The molecule has 1 aromatic rings. The number of rotatable bonds is 8. The third-order valence-corrected chi connectivity index (χ3v) is 3.65. The van der Waals surface area contributed by atoms with Crippen LogP contribution in [0.2, 0.25) is 0 Å². The standard InChI is InChI=1S/C18H24O5/c1-18(2)22-13-17(23-18)16(6-4-5-11-19)21-12-14-7-9-15(20-3)10-8-14/h4-5,7-11,16-17H,6,12-13H2,1-3H3/b5-4+/t16-,17+/m0/s1. The highest BCUT2D eigenvalue weighted by Gasteiger charge is 2.37. The SMILES string of the molecule is COc1ccc(CO[C@@H](C/C=C/C=O)[C@H]2COC(C)(C)O2)cc1.